The SMILES string of the molecule is Oc1cc(F)ccc1Cc1nccs1. The maximum absolute atomic E-state index is 12.7. The first-order valence-electron chi connectivity index (χ1n) is 4.11. The standard InChI is InChI=1S/C10H8FNOS/c11-8-2-1-7(9(13)6-8)5-10-12-3-4-14-10/h1-4,6,13H,5H2. The van der Waals surface area contributed by atoms with Crippen molar-refractivity contribution in [1.82, 2.24) is 4.98 Å². The third kappa shape index (κ3) is 1.90. The third-order valence-corrected chi connectivity index (χ3v) is 2.65. The van der Waals surface area contributed by atoms with Crippen molar-refractivity contribution in [2.45, 2.75) is 6.42 Å². The summed E-state index contributed by atoms with van der Waals surface area (Å²) in [5, 5.41) is 12.2. The fourth-order valence-electron chi connectivity index (χ4n) is 1.19. The molecule has 0 amide bonds. The molecule has 1 heterocycles. The second-order valence-electron chi connectivity index (χ2n) is 2.88. The lowest BCUT2D eigenvalue weighted by molar-refractivity contribution is 0.463. The van der Waals surface area contributed by atoms with Crippen molar-refractivity contribution in [2.24, 2.45) is 0 Å². The Morgan fingerprint density at radius 2 is 2.29 bits per heavy atom. The fraction of sp³-hybridized carbons (Fsp3) is 0.100. The van der Waals surface area contributed by atoms with Crippen LogP contribution in [-0.4, -0.2) is 10.1 Å². The molecule has 0 radical (unpaired) electrons. The first-order valence-corrected chi connectivity index (χ1v) is 4.99. The number of hydrogen-bond donors (Lipinski definition) is 1. The topological polar surface area (TPSA) is 33.1 Å². The number of rotatable bonds is 2. The van der Waals surface area contributed by atoms with Crippen LogP contribution in [0.15, 0.2) is 29.8 Å². The Hall–Kier alpha value is -1.42. The zero-order valence-corrected chi connectivity index (χ0v) is 8.09. The number of phenols is 1. The summed E-state index contributed by atoms with van der Waals surface area (Å²) >= 11 is 1.51. The van der Waals surface area contributed by atoms with Crippen molar-refractivity contribution in [3.8, 4) is 5.75 Å². The molecule has 2 nitrogen and oxygen atoms in total. The average Bonchev–Trinajstić information content (AvgIpc) is 2.62. The number of benzene rings is 1. The molecule has 2 aromatic rings. The molecule has 0 aliphatic rings. The third-order valence-electron chi connectivity index (χ3n) is 1.87. The number of nitrogens with zero attached hydrogens (tertiary/aromatic N) is 1. The number of thiazole rings is 1. The Labute approximate surface area is 84.7 Å². The highest BCUT2D eigenvalue weighted by atomic mass is 32.1. The number of aromatic hydroxyl groups is 1. The van der Waals surface area contributed by atoms with E-state index in [1.165, 1.54) is 17.4 Å². The Morgan fingerprint density at radius 1 is 1.43 bits per heavy atom. The molecule has 1 aromatic carbocycles. The maximum atomic E-state index is 12.7. The summed E-state index contributed by atoms with van der Waals surface area (Å²) in [7, 11) is 0. The van der Waals surface area contributed by atoms with E-state index in [0.717, 1.165) is 11.1 Å². The zero-order chi connectivity index (χ0) is 9.97. The van der Waals surface area contributed by atoms with Crippen molar-refractivity contribution in [2.75, 3.05) is 0 Å². The van der Waals surface area contributed by atoms with E-state index in [0.29, 0.717) is 12.0 Å². The van der Waals surface area contributed by atoms with Crippen LogP contribution in [0.3, 0.4) is 0 Å². The average molecular weight is 209 g/mol. The molecule has 1 aromatic heterocycles. The quantitative estimate of drug-likeness (QED) is 0.824. The van der Waals surface area contributed by atoms with Crippen molar-refractivity contribution in [3.63, 3.8) is 0 Å². The first-order chi connectivity index (χ1) is 6.75. The van der Waals surface area contributed by atoms with Gasteiger partial charge in [-0.3, -0.25) is 0 Å². The predicted octanol–water partition coefficient (Wildman–Crippen LogP) is 2.58. The molecule has 2 rings (SSSR count). The van der Waals surface area contributed by atoms with Crippen LogP contribution in [0.4, 0.5) is 4.39 Å². The van der Waals surface area contributed by atoms with Crippen molar-refractivity contribution >= 4 is 11.3 Å². The molecule has 0 fully saturated rings. The maximum Gasteiger partial charge on any atom is 0.126 e. The van der Waals surface area contributed by atoms with E-state index in [1.54, 1.807) is 12.3 Å². The predicted molar refractivity (Wildman–Crippen MR) is 53.0 cm³/mol. The molecular formula is C10H8FNOS. The van der Waals surface area contributed by atoms with Gasteiger partial charge in [-0.2, -0.15) is 0 Å². The number of hydrogen-bond acceptors (Lipinski definition) is 3. The van der Waals surface area contributed by atoms with E-state index < -0.39 is 5.82 Å². The number of halogens is 1. The Bertz CT molecular complexity index is 428. The largest absolute Gasteiger partial charge is 0.508 e. The summed E-state index contributed by atoms with van der Waals surface area (Å²) in [6.07, 6.45) is 2.25. The van der Waals surface area contributed by atoms with E-state index in [2.05, 4.69) is 4.98 Å². The van der Waals surface area contributed by atoms with Crippen molar-refractivity contribution in [3.05, 3.63) is 46.2 Å². The lowest BCUT2D eigenvalue weighted by Crippen LogP contribution is -1.88. The molecule has 0 unspecified atom stereocenters. The Morgan fingerprint density at radius 3 is 2.93 bits per heavy atom. The first kappa shape index (κ1) is 9.15. The monoisotopic (exact) mass is 209 g/mol. The van der Waals surface area contributed by atoms with Crippen LogP contribution in [0.25, 0.3) is 0 Å². The van der Waals surface area contributed by atoms with Crippen LogP contribution < -0.4 is 0 Å². The van der Waals surface area contributed by atoms with Crippen LogP contribution >= 0.6 is 11.3 Å². The molecule has 0 atom stereocenters. The van der Waals surface area contributed by atoms with E-state index in [1.807, 2.05) is 5.38 Å². The lowest BCUT2D eigenvalue weighted by Gasteiger charge is -2.01. The van der Waals surface area contributed by atoms with Gasteiger partial charge in [0.25, 0.3) is 0 Å². The second kappa shape index (κ2) is 3.75. The van der Waals surface area contributed by atoms with Gasteiger partial charge in [-0.1, -0.05) is 6.07 Å². The van der Waals surface area contributed by atoms with E-state index in [9.17, 15) is 9.50 Å². The molecule has 0 bridgehead atoms. The molecule has 0 aliphatic carbocycles. The highest BCUT2D eigenvalue weighted by Crippen LogP contribution is 2.21. The minimum Gasteiger partial charge on any atom is -0.508 e. The van der Waals surface area contributed by atoms with Gasteiger partial charge in [-0.05, 0) is 6.07 Å². The highest BCUT2D eigenvalue weighted by Gasteiger charge is 2.04. The van der Waals surface area contributed by atoms with Gasteiger partial charge in [0, 0.05) is 29.6 Å². The summed E-state index contributed by atoms with van der Waals surface area (Å²) in [6.45, 7) is 0. The van der Waals surface area contributed by atoms with Crippen LogP contribution in [0, 0.1) is 5.82 Å². The second-order valence-corrected chi connectivity index (χ2v) is 3.85. The zero-order valence-electron chi connectivity index (χ0n) is 7.27. The van der Waals surface area contributed by atoms with Gasteiger partial charge in [-0.25, -0.2) is 9.37 Å². The summed E-state index contributed by atoms with van der Waals surface area (Å²) in [6, 6.07) is 4.03. The van der Waals surface area contributed by atoms with E-state index >= 15 is 0 Å². The van der Waals surface area contributed by atoms with Crippen molar-refractivity contribution < 1.29 is 9.50 Å². The van der Waals surface area contributed by atoms with Gasteiger partial charge in [0.15, 0.2) is 0 Å². The fourth-order valence-corrected chi connectivity index (χ4v) is 1.83. The van der Waals surface area contributed by atoms with Crippen molar-refractivity contribution in [1.29, 1.82) is 0 Å². The van der Waals surface area contributed by atoms with Crippen LogP contribution in [-0.2, 0) is 6.42 Å². The van der Waals surface area contributed by atoms with Gasteiger partial charge in [-0.15, -0.1) is 11.3 Å². The van der Waals surface area contributed by atoms with Gasteiger partial charge in [0.2, 0.25) is 0 Å². The molecule has 72 valence electrons. The minimum absolute atomic E-state index is 0.0137. The summed E-state index contributed by atoms with van der Waals surface area (Å²) < 4.78 is 12.7. The van der Waals surface area contributed by atoms with Gasteiger partial charge in [0.1, 0.15) is 11.6 Å². The molecule has 0 spiro atoms. The smallest absolute Gasteiger partial charge is 0.126 e. The van der Waals surface area contributed by atoms with Gasteiger partial charge >= 0.3 is 0 Å². The van der Waals surface area contributed by atoms with E-state index in [4.69, 9.17) is 0 Å². The number of aromatic nitrogens is 1. The van der Waals surface area contributed by atoms with Crippen LogP contribution in [0.2, 0.25) is 0 Å². The summed E-state index contributed by atoms with van der Waals surface area (Å²) in [5.74, 6) is -0.439. The van der Waals surface area contributed by atoms with E-state index in [-0.39, 0.29) is 5.75 Å². The van der Waals surface area contributed by atoms with Crippen LogP contribution in [0.5, 0.6) is 5.75 Å². The molecule has 1 N–H and O–H groups in total. The molecule has 0 aliphatic heterocycles. The Kier molecular flexibility index (Phi) is 2.45. The lowest BCUT2D eigenvalue weighted by atomic mass is 10.1. The molecular weight excluding hydrogens is 201 g/mol. The molecule has 14 heavy (non-hydrogen) atoms. The van der Waals surface area contributed by atoms with Crippen LogP contribution in [0.1, 0.15) is 10.6 Å². The molecule has 0 saturated heterocycles. The van der Waals surface area contributed by atoms with Gasteiger partial charge < -0.3 is 5.11 Å². The minimum atomic E-state index is -0.426. The number of phenolic OH excluding ortho intramolecular Hbond substituents is 1. The van der Waals surface area contributed by atoms with Gasteiger partial charge in [0.05, 0.1) is 5.01 Å². The molecule has 4 heteroatoms. The normalized spacial score (nSPS) is 10.4. The summed E-state index contributed by atoms with van der Waals surface area (Å²) in [5.41, 5.74) is 0.696. The molecule has 0 saturated carbocycles. The summed E-state index contributed by atoms with van der Waals surface area (Å²) in [4.78, 5) is 4.09. The Balaban J connectivity index is 2.25. The highest BCUT2D eigenvalue weighted by molar-refractivity contribution is 7.09.